The Hall–Kier alpha value is -1.58. The molecule has 0 unspecified atom stereocenters. The smallest absolute Gasteiger partial charge is 0.305 e. The molecule has 0 aliphatic rings. The van der Waals surface area contributed by atoms with E-state index in [2.05, 4.69) is 5.43 Å². The maximum Gasteiger partial charge on any atom is 0.305 e. The molecule has 1 amide bonds. The van der Waals surface area contributed by atoms with E-state index in [1.807, 2.05) is 25.3 Å². The van der Waals surface area contributed by atoms with Gasteiger partial charge in [0, 0.05) is 22.2 Å². The number of hydrogen-bond donors (Lipinski definition) is 1. The molecule has 3 nitrogen and oxygen atoms in total. The monoisotopic (exact) mass is 282 g/mol. The minimum atomic E-state index is -0.192. The largest absolute Gasteiger partial charge is 1.00 e. The van der Waals surface area contributed by atoms with Gasteiger partial charge >= 0.3 is 5.91 Å². The Bertz CT molecular complexity index is 558. The molecule has 1 heterocycles. The van der Waals surface area contributed by atoms with E-state index in [-0.39, 0.29) is 18.3 Å². The number of nitrogens with zero attached hydrogens (tertiary/aromatic N) is 1. The third-order valence-corrected chi connectivity index (χ3v) is 2.50. The highest BCUT2D eigenvalue weighted by Crippen LogP contribution is 2.10. The maximum atomic E-state index is 11.9. The van der Waals surface area contributed by atoms with Gasteiger partial charge in [-0.1, -0.05) is 22.3 Å². The first-order valence-electron chi connectivity index (χ1n) is 5.20. The van der Waals surface area contributed by atoms with Gasteiger partial charge in [-0.3, -0.25) is 4.79 Å². The van der Waals surface area contributed by atoms with Gasteiger partial charge in [-0.15, -0.1) is 5.43 Å². The Morgan fingerprint density at radius 2 is 2.06 bits per heavy atom. The van der Waals surface area contributed by atoms with Gasteiger partial charge in [0.15, 0.2) is 6.20 Å². The summed E-state index contributed by atoms with van der Waals surface area (Å²) < 4.78 is 1.62. The number of benzene rings is 1. The van der Waals surface area contributed by atoms with Gasteiger partial charge in [0.2, 0.25) is 6.20 Å². The summed E-state index contributed by atoms with van der Waals surface area (Å²) in [6, 6.07) is 10.7. The maximum absolute atomic E-state index is 11.9. The van der Waals surface area contributed by atoms with Crippen molar-refractivity contribution in [3.8, 4) is 0 Å². The first-order chi connectivity index (χ1) is 8.15. The lowest BCUT2D eigenvalue weighted by Gasteiger charge is -2.00. The number of carbonyl (C=O) groups excluding carboxylic acids is 1. The second kappa shape index (κ2) is 6.38. The summed E-state index contributed by atoms with van der Waals surface area (Å²) in [4.78, 5) is 11.9. The minimum Gasteiger partial charge on any atom is -1.00 e. The predicted molar refractivity (Wildman–Crippen MR) is 66.5 cm³/mol. The zero-order valence-electron chi connectivity index (χ0n) is 9.73. The molecule has 1 aromatic carbocycles. The molecule has 94 valence electrons. The van der Waals surface area contributed by atoms with Crippen molar-refractivity contribution in [1.29, 1.82) is 0 Å². The van der Waals surface area contributed by atoms with E-state index in [1.54, 1.807) is 35.1 Å². The summed E-state index contributed by atoms with van der Waals surface area (Å²) >= 11 is 5.83. The fourth-order valence-corrected chi connectivity index (χ4v) is 1.66. The van der Waals surface area contributed by atoms with Crippen LogP contribution in [0.1, 0.15) is 15.9 Å². The van der Waals surface area contributed by atoms with Gasteiger partial charge in [-0.05, 0) is 31.2 Å². The fraction of sp³-hybridized carbons (Fsp3) is 0.0769. The van der Waals surface area contributed by atoms with E-state index in [0.717, 1.165) is 5.56 Å². The molecule has 2 aromatic rings. The normalized spacial score (nSPS) is 9.44. The summed E-state index contributed by atoms with van der Waals surface area (Å²) in [5.74, 6) is -0.192. The van der Waals surface area contributed by atoms with E-state index >= 15 is 0 Å². The quantitative estimate of drug-likeness (QED) is 0.728. The fourth-order valence-electron chi connectivity index (χ4n) is 1.47. The van der Waals surface area contributed by atoms with E-state index in [0.29, 0.717) is 10.6 Å². The molecule has 5 heteroatoms. The van der Waals surface area contributed by atoms with Gasteiger partial charge in [0.25, 0.3) is 0 Å². The number of aromatic nitrogens is 1. The third-order valence-electron chi connectivity index (χ3n) is 2.27. The highest BCUT2D eigenvalue weighted by atomic mass is 35.5. The lowest BCUT2D eigenvalue weighted by molar-refractivity contribution is -0.641. The van der Waals surface area contributed by atoms with Gasteiger partial charge < -0.3 is 12.4 Å². The van der Waals surface area contributed by atoms with Gasteiger partial charge in [-0.2, -0.15) is 0 Å². The molecule has 18 heavy (non-hydrogen) atoms. The highest BCUT2D eigenvalue weighted by Gasteiger charge is 2.10. The van der Waals surface area contributed by atoms with Crippen molar-refractivity contribution < 1.29 is 21.9 Å². The van der Waals surface area contributed by atoms with Crippen LogP contribution in [0, 0.1) is 6.92 Å². The van der Waals surface area contributed by atoms with Crippen molar-refractivity contribution >= 4 is 17.5 Å². The number of rotatable bonds is 2. The first kappa shape index (κ1) is 14.5. The van der Waals surface area contributed by atoms with Gasteiger partial charge in [0.05, 0.1) is 0 Å². The van der Waals surface area contributed by atoms with Crippen molar-refractivity contribution in [3.05, 3.63) is 64.9 Å². The molecule has 0 spiro atoms. The molecule has 0 saturated carbocycles. The lowest BCUT2D eigenvalue weighted by atomic mass is 10.2. The van der Waals surface area contributed by atoms with Crippen molar-refractivity contribution in [3.63, 3.8) is 0 Å². The van der Waals surface area contributed by atoms with Gasteiger partial charge in [0.1, 0.15) is 0 Å². The average Bonchev–Trinajstić information content (AvgIpc) is 2.29. The van der Waals surface area contributed by atoms with Crippen LogP contribution in [0.25, 0.3) is 0 Å². The van der Waals surface area contributed by atoms with E-state index in [1.165, 1.54) is 0 Å². The zero-order valence-corrected chi connectivity index (χ0v) is 11.2. The van der Waals surface area contributed by atoms with Crippen molar-refractivity contribution in [2.45, 2.75) is 6.92 Å². The highest BCUT2D eigenvalue weighted by molar-refractivity contribution is 6.31. The van der Waals surface area contributed by atoms with Crippen LogP contribution < -0.4 is 22.5 Å². The Balaban J connectivity index is 0.00000162. The summed E-state index contributed by atoms with van der Waals surface area (Å²) in [6.07, 6.45) is 3.61. The summed E-state index contributed by atoms with van der Waals surface area (Å²) in [7, 11) is 0. The van der Waals surface area contributed by atoms with Crippen molar-refractivity contribution in [2.24, 2.45) is 0 Å². The summed E-state index contributed by atoms with van der Waals surface area (Å²) in [6.45, 7) is 1.96. The number of amides is 1. The first-order valence-corrected chi connectivity index (χ1v) is 5.58. The van der Waals surface area contributed by atoms with E-state index in [4.69, 9.17) is 11.6 Å². The molecule has 0 atom stereocenters. The molecule has 0 saturated heterocycles. The molecule has 0 bridgehead atoms. The second-order valence-corrected chi connectivity index (χ2v) is 4.18. The predicted octanol–water partition coefficient (Wildman–Crippen LogP) is -0.676. The van der Waals surface area contributed by atoms with Crippen LogP contribution in [0.15, 0.2) is 48.8 Å². The van der Waals surface area contributed by atoms with Crippen LogP contribution in [0.3, 0.4) is 0 Å². The van der Waals surface area contributed by atoms with E-state index in [9.17, 15) is 4.79 Å². The Morgan fingerprint density at radius 1 is 1.28 bits per heavy atom. The molecule has 2 rings (SSSR count). The topological polar surface area (TPSA) is 33.0 Å². The summed E-state index contributed by atoms with van der Waals surface area (Å²) in [5, 5.41) is 0.548. The third kappa shape index (κ3) is 3.72. The van der Waals surface area contributed by atoms with Crippen LogP contribution in [0.4, 0.5) is 0 Å². The molecule has 1 aromatic heterocycles. The number of halogens is 2. The van der Waals surface area contributed by atoms with Crippen LogP contribution in [-0.4, -0.2) is 5.91 Å². The molecular weight excluding hydrogens is 271 g/mol. The van der Waals surface area contributed by atoms with Crippen molar-refractivity contribution in [1.82, 2.24) is 0 Å². The zero-order chi connectivity index (χ0) is 12.3. The molecular formula is C13H12Cl2N2O. The van der Waals surface area contributed by atoms with Gasteiger partial charge in [-0.25, -0.2) is 0 Å². The van der Waals surface area contributed by atoms with Crippen molar-refractivity contribution in [2.75, 3.05) is 5.43 Å². The number of nitrogens with one attached hydrogen (secondary N) is 1. The second-order valence-electron chi connectivity index (χ2n) is 3.74. The molecule has 1 N–H and O–H groups in total. The average molecular weight is 283 g/mol. The number of hydrogen-bond acceptors (Lipinski definition) is 1. The molecule has 0 fully saturated rings. The molecule has 0 aliphatic heterocycles. The Kier molecular flexibility index (Phi) is 5.13. The summed E-state index contributed by atoms with van der Waals surface area (Å²) in [5.41, 5.74) is 4.35. The number of aryl methyl sites for hydroxylation is 1. The SMILES string of the molecule is Cc1ccc[n+](NC(=O)c2cccc(Cl)c2)c1.[Cl-]. The van der Waals surface area contributed by atoms with Crippen LogP contribution in [0.2, 0.25) is 5.02 Å². The van der Waals surface area contributed by atoms with E-state index < -0.39 is 0 Å². The van der Waals surface area contributed by atoms with Crippen LogP contribution >= 0.6 is 11.6 Å². The number of carbonyl (C=O) groups is 1. The minimum absolute atomic E-state index is 0. The Labute approximate surface area is 117 Å². The molecule has 0 aliphatic carbocycles. The van der Waals surface area contributed by atoms with Crippen LogP contribution in [0.5, 0.6) is 0 Å². The number of pyridine rings is 1. The lowest BCUT2D eigenvalue weighted by Crippen LogP contribution is -3.00. The Morgan fingerprint density at radius 3 is 2.72 bits per heavy atom. The van der Waals surface area contributed by atoms with Crippen LogP contribution in [-0.2, 0) is 0 Å². The molecule has 0 radical (unpaired) electrons. The standard InChI is InChI=1S/C13H11ClN2O.ClH/c1-10-4-3-7-16(9-10)15-13(17)11-5-2-6-12(14)8-11;/h2-9H,1H3;1H.